The first-order chi connectivity index (χ1) is 10.6. The van der Waals surface area contributed by atoms with Crippen molar-refractivity contribution >= 4 is 17.6 Å². The highest BCUT2D eigenvalue weighted by atomic mass is 19.1. The molecule has 2 rings (SSSR count). The molecule has 6 heteroatoms. The van der Waals surface area contributed by atoms with E-state index in [1.807, 2.05) is 0 Å². The van der Waals surface area contributed by atoms with Crippen LogP contribution in [0.25, 0.3) is 0 Å². The standard InChI is InChI=1S/C17H20FNO4/c1-16(14(20)21)8-5-9-17(10-16,15(22)23)13-11(18)6-4-7-12(13)19(2)3/h4-8H,9-10H2,1-3H3,(H,20,21)(H,22,23). The van der Waals surface area contributed by atoms with E-state index in [9.17, 15) is 24.2 Å². The minimum Gasteiger partial charge on any atom is -0.481 e. The van der Waals surface area contributed by atoms with Crippen molar-refractivity contribution in [2.75, 3.05) is 19.0 Å². The van der Waals surface area contributed by atoms with Crippen molar-refractivity contribution in [2.24, 2.45) is 5.41 Å². The first-order valence-electron chi connectivity index (χ1n) is 7.25. The zero-order valence-electron chi connectivity index (χ0n) is 13.3. The number of benzene rings is 1. The predicted octanol–water partition coefficient (Wildman–Crippen LogP) is 2.66. The van der Waals surface area contributed by atoms with Crippen LogP contribution in [0.3, 0.4) is 0 Å². The second-order valence-electron chi connectivity index (χ2n) is 6.42. The molecule has 0 spiro atoms. The molecule has 0 amide bonds. The average molecular weight is 321 g/mol. The first kappa shape index (κ1) is 17.0. The van der Waals surface area contributed by atoms with Gasteiger partial charge in [0.15, 0.2) is 0 Å². The topological polar surface area (TPSA) is 77.8 Å². The Morgan fingerprint density at radius 2 is 1.87 bits per heavy atom. The molecule has 0 bridgehead atoms. The van der Waals surface area contributed by atoms with E-state index in [1.54, 1.807) is 25.1 Å². The molecule has 2 N–H and O–H groups in total. The molecule has 0 saturated heterocycles. The van der Waals surface area contributed by atoms with Gasteiger partial charge in [-0.1, -0.05) is 18.2 Å². The molecule has 124 valence electrons. The highest BCUT2D eigenvalue weighted by Gasteiger charge is 2.52. The van der Waals surface area contributed by atoms with Crippen LogP contribution < -0.4 is 4.90 Å². The summed E-state index contributed by atoms with van der Waals surface area (Å²) >= 11 is 0. The van der Waals surface area contributed by atoms with Gasteiger partial charge < -0.3 is 15.1 Å². The average Bonchev–Trinajstić information content (AvgIpc) is 2.46. The van der Waals surface area contributed by atoms with Crippen LogP contribution in [0.15, 0.2) is 30.4 Å². The Kier molecular flexibility index (Phi) is 4.20. The van der Waals surface area contributed by atoms with Gasteiger partial charge in [-0.25, -0.2) is 4.39 Å². The molecule has 0 aromatic heterocycles. The lowest BCUT2D eigenvalue weighted by Crippen LogP contribution is -2.46. The van der Waals surface area contributed by atoms with Crippen LogP contribution in [0.1, 0.15) is 25.3 Å². The largest absolute Gasteiger partial charge is 0.481 e. The summed E-state index contributed by atoms with van der Waals surface area (Å²) in [7, 11) is 3.39. The molecule has 23 heavy (non-hydrogen) atoms. The molecule has 0 aliphatic heterocycles. The predicted molar refractivity (Wildman–Crippen MR) is 84.2 cm³/mol. The lowest BCUT2D eigenvalue weighted by Gasteiger charge is -2.40. The highest BCUT2D eigenvalue weighted by Crippen LogP contribution is 2.48. The normalized spacial score (nSPS) is 26.8. The van der Waals surface area contributed by atoms with E-state index in [2.05, 4.69) is 0 Å². The lowest BCUT2D eigenvalue weighted by atomic mass is 9.62. The van der Waals surface area contributed by atoms with Crippen LogP contribution in [-0.4, -0.2) is 36.2 Å². The van der Waals surface area contributed by atoms with Gasteiger partial charge >= 0.3 is 11.9 Å². The molecule has 1 aromatic carbocycles. The number of rotatable bonds is 4. The second-order valence-corrected chi connectivity index (χ2v) is 6.42. The minimum absolute atomic E-state index is 0.0364. The minimum atomic E-state index is -1.62. The van der Waals surface area contributed by atoms with Gasteiger partial charge in [-0.3, -0.25) is 9.59 Å². The van der Waals surface area contributed by atoms with Crippen LogP contribution in [-0.2, 0) is 15.0 Å². The van der Waals surface area contributed by atoms with Gasteiger partial charge in [0, 0.05) is 25.3 Å². The molecule has 1 aliphatic carbocycles. The zero-order valence-corrected chi connectivity index (χ0v) is 13.3. The first-order valence-corrected chi connectivity index (χ1v) is 7.25. The summed E-state index contributed by atoms with van der Waals surface area (Å²) in [6.45, 7) is 1.46. The smallest absolute Gasteiger partial charge is 0.314 e. The van der Waals surface area contributed by atoms with E-state index in [0.717, 1.165) is 0 Å². The Balaban J connectivity index is 2.73. The number of hydrogen-bond donors (Lipinski definition) is 2. The summed E-state index contributed by atoms with van der Waals surface area (Å²) in [5.41, 5.74) is -2.50. The van der Waals surface area contributed by atoms with E-state index in [0.29, 0.717) is 5.69 Å². The molecular formula is C17H20FNO4. The number of nitrogens with zero attached hydrogens (tertiary/aromatic N) is 1. The van der Waals surface area contributed by atoms with Gasteiger partial charge in [-0.2, -0.15) is 0 Å². The summed E-state index contributed by atoms with van der Waals surface area (Å²) in [6, 6.07) is 4.36. The number of carbonyl (C=O) groups is 2. The van der Waals surface area contributed by atoms with Crippen LogP contribution in [0, 0.1) is 11.2 Å². The third-order valence-corrected chi connectivity index (χ3v) is 4.47. The van der Waals surface area contributed by atoms with E-state index < -0.39 is 28.6 Å². The van der Waals surface area contributed by atoms with E-state index in [-0.39, 0.29) is 18.4 Å². The number of aliphatic carboxylic acids is 2. The van der Waals surface area contributed by atoms with Crippen molar-refractivity contribution in [3.05, 3.63) is 41.7 Å². The second kappa shape index (κ2) is 5.68. The highest BCUT2D eigenvalue weighted by molar-refractivity contribution is 5.87. The van der Waals surface area contributed by atoms with Crippen molar-refractivity contribution < 1.29 is 24.2 Å². The monoisotopic (exact) mass is 321 g/mol. The van der Waals surface area contributed by atoms with Crippen molar-refractivity contribution in [3.63, 3.8) is 0 Å². The lowest BCUT2D eigenvalue weighted by molar-refractivity contribution is -0.151. The van der Waals surface area contributed by atoms with Crippen LogP contribution in [0.4, 0.5) is 10.1 Å². The van der Waals surface area contributed by atoms with Gasteiger partial charge in [0.1, 0.15) is 11.2 Å². The Bertz CT molecular complexity index is 685. The van der Waals surface area contributed by atoms with E-state index in [1.165, 1.54) is 31.2 Å². The number of allylic oxidation sites excluding steroid dienone is 1. The Morgan fingerprint density at radius 3 is 2.39 bits per heavy atom. The quantitative estimate of drug-likeness (QED) is 0.834. The third-order valence-electron chi connectivity index (χ3n) is 4.47. The molecular weight excluding hydrogens is 301 g/mol. The zero-order chi connectivity index (χ0) is 17.4. The fourth-order valence-electron chi connectivity index (χ4n) is 3.24. The maximum absolute atomic E-state index is 14.6. The van der Waals surface area contributed by atoms with Crippen molar-refractivity contribution in [1.82, 2.24) is 0 Å². The maximum atomic E-state index is 14.6. The maximum Gasteiger partial charge on any atom is 0.314 e. The van der Waals surface area contributed by atoms with E-state index in [4.69, 9.17) is 0 Å². The number of carboxylic acid groups (broad SMARTS) is 2. The van der Waals surface area contributed by atoms with Crippen LogP contribution >= 0.6 is 0 Å². The molecule has 5 nitrogen and oxygen atoms in total. The molecule has 0 fully saturated rings. The van der Waals surface area contributed by atoms with Gasteiger partial charge in [-0.15, -0.1) is 0 Å². The molecule has 1 aliphatic rings. The summed E-state index contributed by atoms with van der Waals surface area (Å²) in [5, 5.41) is 19.3. The molecule has 0 radical (unpaired) electrons. The molecule has 0 heterocycles. The van der Waals surface area contributed by atoms with E-state index >= 15 is 0 Å². The number of halogens is 1. The molecule has 2 atom stereocenters. The van der Waals surface area contributed by atoms with Crippen molar-refractivity contribution in [3.8, 4) is 0 Å². The summed E-state index contributed by atoms with van der Waals surface area (Å²) < 4.78 is 14.6. The van der Waals surface area contributed by atoms with Crippen molar-refractivity contribution in [1.29, 1.82) is 0 Å². The number of hydrogen-bond acceptors (Lipinski definition) is 3. The molecule has 0 saturated carbocycles. The fraction of sp³-hybridized carbons (Fsp3) is 0.412. The Morgan fingerprint density at radius 1 is 1.22 bits per heavy atom. The summed E-state index contributed by atoms with van der Waals surface area (Å²) in [6.07, 6.45) is 2.86. The van der Waals surface area contributed by atoms with Crippen molar-refractivity contribution in [2.45, 2.75) is 25.2 Å². The number of anilines is 1. The van der Waals surface area contributed by atoms with Crippen LogP contribution in [0.2, 0.25) is 0 Å². The van der Waals surface area contributed by atoms with Crippen LogP contribution in [0.5, 0.6) is 0 Å². The van der Waals surface area contributed by atoms with Gasteiger partial charge in [0.25, 0.3) is 0 Å². The molecule has 2 unspecified atom stereocenters. The Hall–Kier alpha value is -2.37. The Labute approximate surface area is 134 Å². The van der Waals surface area contributed by atoms with Gasteiger partial charge in [0.2, 0.25) is 0 Å². The van der Waals surface area contributed by atoms with Gasteiger partial charge in [0.05, 0.1) is 5.41 Å². The third kappa shape index (κ3) is 2.69. The number of carboxylic acids is 2. The summed E-state index contributed by atoms with van der Waals surface area (Å²) in [5.74, 6) is -2.98. The van der Waals surface area contributed by atoms with Gasteiger partial charge in [-0.05, 0) is 31.9 Å². The summed E-state index contributed by atoms with van der Waals surface area (Å²) in [4.78, 5) is 25.3. The fourth-order valence-corrected chi connectivity index (χ4v) is 3.24. The SMILES string of the molecule is CN(C)c1cccc(F)c1C1(C(=O)O)CC=CC(C)(C(=O)O)C1. The molecule has 1 aromatic rings.